The molecule has 0 aromatic rings. The van der Waals surface area contributed by atoms with E-state index >= 15 is 0 Å². The van der Waals surface area contributed by atoms with Crippen LogP contribution in [0.5, 0.6) is 0 Å². The summed E-state index contributed by atoms with van der Waals surface area (Å²) in [6, 6.07) is 0. The zero-order valence-electron chi connectivity index (χ0n) is 10.1. The van der Waals surface area contributed by atoms with Crippen molar-refractivity contribution in [2.45, 2.75) is 18.6 Å². The molecule has 2 N–H and O–H groups in total. The highest BCUT2D eigenvalue weighted by atomic mass is 32.2. The van der Waals surface area contributed by atoms with Gasteiger partial charge in [-0.05, 0) is 6.42 Å². The topological polar surface area (TPSA) is 97.5 Å². The molecule has 0 aliphatic carbocycles. The van der Waals surface area contributed by atoms with Crippen molar-refractivity contribution in [1.82, 2.24) is 4.31 Å². The number of rotatable bonds is 7. The summed E-state index contributed by atoms with van der Waals surface area (Å²) in [5.41, 5.74) is 5.36. The third kappa shape index (κ3) is 5.28. The van der Waals surface area contributed by atoms with Crippen LogP contribution in [0.1, 0.15) is 13.3 Å². The molecule has 0 fully saturated rings. The molecular weight excluding hydrogens is 284 g/mol. The average molecular weight is 302 g/mol. The Morgan fingerprint density at radius 2 is 1.82 bits per heavy atom. The lowest BCUT2D eigenvalue weighted by Crippen LogP contribution is -2.43. The summed E-state index contributed by atoms with van der Waals surface area (Å²) in [5.74, 6) is -0.226. The lowest BCUT2D eigenvalue weighted by Gasteiger charge is -2.22. The maximum absolute atomic E-state index is 12.0. The molecule has 0 spiro atoms. The van der Waals surface area contributed by atoms with E-state index in [4.69, 9.17) is 18.0 Å². The van der Waals surface area contributed by atoms with Gasteiger partial charge in [0.1, 0.15) is 15.1 Å². The maximum atomic E-state index is 12.0. The molecule has 0 saturated carbocycles. The fourth-order valence-electron chi connectivity index (χ4n) is 1.20. The van der Waals surface area contributed by atoms with Gasteiger partial charge in [0.25, 0.3) is 0 Å². The summed E-state index contributed by atoms with van der Waals surface area (Å²) in [7, 11) is -5.55. The largest absolute Gasteiger partial charge is 0.392 e. The molecule has 6 nitrogen and oxygen atoms in total. The molecule has 0 amide bonds. The molecule has 0 saturated heterocycles. The van der Waals surface area contributed by atoms with Crippen molar-refractivity contribution in [3.05, 3.63) is 0 Å². The minimum Gasteiger partial charge on any atom is -0.392 e. The van der Waals surface area contributed by atoms with Gasteiger partial charge in [0.2, 0.25) is 10.0 Å². The van der Waals surface area contributed by atoms with Gasteiger partial charge in [0.05, 0.1) is 10.7 Å². The summed E-state index contributed by atoms with van der Waals surface area (Å²) < 4.78 is 46.9. The molecule has 1 atom stereocenters. The summed E-state index contributed by atoms with van der Waals surface area (Å²) in [5, 5.41) is -0.943. The highest BCUT2D eigenvalue weighted by Gasteiger charge is 2.30. The van der Waals surface area contributed by atoms with Crippen molar-refractivity contribution in [2.24, 2.45) is 5.73 Å². The fraction of sp³-hybridized carbons (Fsp3) is 0.875. The minimum atomic E-state index is -3.67. The second kappa shape index (κ2) is 6.07. The molecule has 0 rings (SSSR count). The molecule has 0 heterocycles. The van der Waals surface area contributed by atoms with Crippen molar-refractivity contribution in [3.63, 3.8) is 0 Å². The van der Waals surface area contributed by atoms with E-state index in [0.29, 0.717) is 0 Å². The summed E-state index contributed by atoms with van der Waals surface area (Å²) in [4.78, 5) is -0.0984. The zero-order chi connectivity index (χ0) is 13.9. The summed E-state index contributed by atoms with van der Waals surface area (Å²) >= 11 is 4.69. The molecule has 0 bridgehead atoms. The van der Waals surface area contributed by atoms with Gasteiger partial charge in [-0.3, -0.25) is 0 Å². The second-order valence-corrected chi connectivity index (χ2v) is 8.75. The van der Waals surface area contributed by atoms with Crippen LogP contribution in [0.2, 0.25) is 0 Å². The van der Waals surface area contributed by atoms with Crippen molar-refractivity contribution < 1.29 is 16.8 Å². The van der Waals surface area contributed by atoms with E-state index in [2.05, 4.69) is 0 Å². The Morgan fingerprint density at radius 3 is 2.12 bits per heavy atom. The van der Waals surface area contributed by atoms with Gasteiger partial charge in [0.15, 0.2) is 0 Å². The molecular formula is C8H18N2O4S3. The Bertz CT molecular complexity index is 469. The highest BCUT2D eigenvalue weighted by molar-refractivity contribution is 7.93. The van der Waals surface area contributed by atoms with Crippen molar-refractivity contribution in [3.8, 4) is 0 Å². The normalized spacial score (nSPS) is 14.8. The predicted molar refractivity (Wildman–Crippen MR) is 72.1 cm³/mol. The Balaban J connectivity index is 4.88. The van der Waals surface area contributed by atoms with Gasteiger partial charge in [-0.1, -0.05) is 19.1 Å². The van der Waals surface area contributed by atoms with E-state index in [9.17, 15) is 16.8 Å². The van der Waals surface area contributed by atoms with Gasteiger partial charge >= 0.3 is 0 Å². The first-order valence-electron chi connectivity index (χ1n) is 4.94. The summed E-state index contributed by atoms with van der Waals surface area (Å²) in [6.07, 6.45) is 1.32. The maximum Gasteiger partial charge on any atom is 0.223 e. The molecule has 102 valence electrons. The number of sulfone groups is 1. The Kier molecular flexibility index (Phi) is 5.99. The smallest absolute Gasteiger partial charge is 0.223 e. The first-order valence-corrected chi connectivity index (χ1v) is 8.91. The third-order valence-corrected chi connectivity index (χ3v) is 5.97. The minimum absolute atomic E-state index is 0.0969. The van der Waals surface area contributed by atoms with Gasteiger partial charge in [-0.25, -0.2) is 21.1 Å². The van der Waals surface area contributed by atoms with Gasteiger partial charge < -0.3 is 5.73 Å². The van der Waals surface area contributed by atoms with Crippen LogP contribution in [0.25, 0.3) is 0 Å². The SMILES string of the molecule is CCC(C(N)=S)S(=O)(=O)N(C)CCS(C)(=O)=O. The standard InChI is InChI=1S/C8H18N2O4S3/c1-4-7(8(9)15)17(13,14)10(2)5-6-16(3,11)12/h7H,4-6H2,1-3H3,(H2,9,15). The van der Waals surface area contributed by atoms with Gasteiger partial charge in [-0.15, -0.1) is 0 Å². The Morgan fingerprint density at radius 1 is 1.35 bits per heavy atom. The molecule has 0 aliphatic rings. The number of thiocarbonyl (C=S) groups is 1. The Hall–Kier alpha value is -0.250. The summed E-state index contributed by atoms with van der Waals surface area (Å²) in [6.45, 7) is 1.56. The number of sulfonamides is 1. The van der Waals surface area contributed by atoms with E-state index < -0.39 is 25.1 Å². The molecule has 0 aliphatic heterocycles. The number of hydrogen-bond acceptors (Lipinski definition) is 5. The van der Waals surface area contributed by atoms with E-state index in [1.165, 1.54) is 7.05 Å². The number of nitrogens with two attached hydrogens (primary N) is 1. The quantitative estimate of drug-likeness (QED) is 0.628. The van der Waals surface area contributed by atoms with Crippen LogP contribution >= 0.6 is 12.2 Å². The predicted octanol–water partition coefficient (Wildman–Crippen LogP) is -0.643. The van der Waals surface area contributed by atoms with Gasteiger partial charge in [0, 0.05) is 19.8 Å². The van der Waals surface area contributed by atoms with E-state index in [1.54, 1.807) is 6.92 Å². The molecule has 0 aromatic heterocycles. The molecule has 1 unspecified atom stereocenters. The van der Waals surface area contributed by atoms with Crippen LogP contribution in [-0.2, 0) is 19.9 Å². The van der Waals surface area contributed by atoms with Crippen molar-refractivity contribution in [2.75, 3.05) is 25.6 Å². The van der Waals surface area contributed by atoms with Crippen LogP contribution < -0.4 is 5.73 Å². The fourth-order valence-corrected chi connectivity index (χ4v) is 3.94. The monoisotopic (exact) mass is 302 g/mol. The van der Waals surface area contributed by atoms with E-state index in [0.717, 1.165) is 10.6 Å². The van der Waals surface area contributed by atoms with Crippen LogP contribution in [0, 0.1) is 0 Å². The van der Waals surface area contributed by atoms with Crippen LogP contribution in [0.4, 0.5) is 0 Å². The van der Waals surface area contributed by atoms with Crippen LogP contribution in [0.15, 0.2) is 0 Å². The first kappa shape index (κ1) is 16.8. The molecule has 9 heteroatoms. The lowest BCUT2D eigenvalue weighted by molar-refractivity contribution is 0.479. The van der Waals surface area contributed by atoms with E-state index in [1.807, 2.05) is 0 Å². The Labute approximate surface area is 108 Å². The highest BCUT2D eigenvalue weighted by Crippen LogP contribution is 2.11. The number of nitrogens with zero attached hydrogens (tertiary/aromatic N) is 1. The van der Waals surface area contributed by atoms with Crippen LogP contribution in [0.3, 0.4) is 0 Å². The van der Waals surface area contributed by atoms with Crippen LogP contribution in [-0.4, -0.2) is 57.0 Å². The first-order chi connectivity index (χ1) is 7.52. The molecule has 0 radical (unpaired) electrons. The zero-order valence-corrected chi connectivity index (χ0v) is 12.5. The van der Waals surface area contributed by atoms with Gasteiger partial charge in [-0.2, -0.15) is 0 Å². The average Bonchev–Trinajstić information content (AvgIpc) is 2.12. The lowest BCUT2D eigenvalue weighted by atomic mass is 10.3. The third-order valence-electron chi connectivity index (χ3n) is 2.26. The molecule has 0 aromatic carbocycles. The van der Waals surface area contributed by atoms with Crippen molar-refractivity contribution in [1.29, 1.82) is 0 Å². The second-order valence-electron chi connectivity index (χ2n) is 3.80. The molecule has 17 heavy (non-hydrogen) atoms. The van der Waals surface area contributed by atoms with E-state index in [-0.39, 0.29) is 23.7 Å². The number of hydrogen-bond donors (Lipinski definition) is 1. The van der Waals surface area contributed by atoms with Crippen molar-refractivity contribution >= 4 is 37.1 Å².